The third kappa shape index (κ3) is 2.11. The second-order valence-electron chi connectivity index (χ2n) is 5.49. The van der Waals surface area contributed by atoms with Crippen LogP contribution in [0.3, 0.4) is 0 Å². The Morgan fingerprint density at radius 1 is 1.26 bits per heavy atom. The van der Waals surface area contributed by atoms with Gasteiger partial charge in [-0.05, 0) is 24.0 Å². The quantitative estimate of drug-likeness (QED) is 0.710. The first kappa shape index (κ1) is 13.6. The molecule has 6 nitrogen and oxygen atoms in total. The summed E-state index contributed by atoms with van der Waals surface area (Å²) in [5.74, 6) is 1.15. The molecule has 3 aromatic rings. The second-order valence-corrected chi connectivity index (χ2v) is 5.49. The van der Waals surface area contributed by atoms with E-state index in [4.69, 9.17) is 5.73 Å². The molecule has 3 N–H and O–H groups in total. The molecular formula is C17H16N6. The maximum Gasteiger partial charge on any atom is 0.156 e. The number of nitrogens with two attached hydrogens (primary N) is 1. The van der Waals surface area contributed by atoms with E-state index in [1.165, 1.54) is 11.9 Å². The predicted octanol–water partition coefficient (Wildman–Crippen LogP) is 2.26. The van der Waals surface area contributed by atoms with E-state index in [2.05, 4.69) is 43.4 Å². The zero-order valence-electron chi connectivity index (χ0n) is 12.7. The summed E-state index contributed by atoms with van der Waals surface area (Å²) in [4.78, 5) is 13.1. The fourth-order valence-corrected chi connectivity index (χ4v) is 3.21. The minimum Gasteiger partial charge on any atom is -0.383 e. The number of anilines is 1. The Balaban J connectivity index is 2.07. The SMILES string of the molecule is CN=Cc1c(N)nc2c(c1-c1ncn[nH]1)CCc1ccccc1-2. The van der Waals surface area contributed by atoms with Crippen LogP contribution in [0.5, 0.6) is 0 Å². The lowest BCUT2D eigenvalue weighted by Crippen LogP contribution is -2.12. The number of fused-ring (bicyclic) bond motifs is 3. The summed E-state index contributed by atoms with van der Waals surface area (Å²) in [5.41, 5.74) is 12.5. The lowest BCUT2D eigenvalue weighted by Gasteiger charge is -2.23. The van der Waals surface area contributed by atoms with Crippen molar-refractivity contribution in [3.63, 3.8) is 0 Å². The number of pyridine rings is 1. The molecule has 0 atom stereocenters. The van der Waals surface area contributed by atoms with Crippen LogP contribution in [0.15, 0.2) is 35.6 Å². The number of H-pyrrole nitrogens is 1. The first-order valence-electron chi connectivity index (χ1n) is 7.48. The first-order valence-corrected chi connectivity index (χ1v) is 7.48. The van der Waals surface area contributed by atoms with Crippen LogP contribution < -0.4 is 5.73 Å². The van der Waals surface area contributed by atoms with E-state index in [9.17, 15) is 0 Å². The number of nitrogen functional groups attached to an aromatic ring is 1. The molecule has 1 aliphatic carbocycles. The van der Waals surface area contributed by atoms with Crippen LogP contribution >= 0.6 is 0 Å². The highest BCUT2D eigenvalue weighted by Gasteiger charge is 2.25. The summed E-state index contributed by atoms with van der Waals surface area (Å²) in [6.45, 7) is 0. The fourth-order valence-electron chi connectivity index (χ4n) is 3.21. The summed E-state index contributed by atoms with van der Waals surface area (Å²) < 4.78 is 0. The topological polar surface area (TPSA) is 92.8 Å². The van der Waals surface area contributed by atoms with Gasteiger partial charge in [-0.3, -0.25) is 10.1 Å². The molecule has 0 saturated heterocycles. The van der Waals surface area contributed by atoms with Crippen molar-refractivity contribution in [3.8, 4) is 22.6 Å². The van der Waals surface area contributed by atoms with E-state index in [1.807, 2.05) is 6.07 Å². The van der Waals surface area contributed by atoms with Gasteiger partial charge >= 0.3 is 0 Å². The van der Waals surface area contributed by atoms with Crippen molar-refractivity contribution < 1.29 is 0 Å². The fraction of sp³-hybridized carbons (Fsp3) is 0.176. The molecule has 6 heteroatoms. The number of benzene rings is 1. The molecule has 0 saturated carbocycles. The summed E-state index contributed by atoms with van der Waals surface area (Å²) in [7, 11) is 1.72. The van der Waals surface area contributed by atoms with Crippen LogP contribution in [0.25, 0.3) is 22.6 Å². The third-order valence-electron chi connectivity index (χ3n) is 4.19. The summed E-state index contributed by atoms with van der Waals surface area (Å²) in [6.07, 6.45) is 5.10. The van der Waals surface area contributed by atoms with Gasteiger partial charge in [-0.15, -0.1) is 0 Å². The molecular weight excluding hydrogens is 288 g/mol. The van der Waals surface area contributed by atoms with Gasteiger partial charge in [-0.25, -0.2) is 9.97 Å². The second kappa shape index (κ2) is 5.31. The van der Waals surface area contributed by atoms with Crippen molar-refractivity contribution in [2.75, 3.05) is 12.8 Å². The van der Waals surface area contributed by atoms with E-state index in [0.717, 1.165) is 40.8 Å². The average Bonchev–Trinajstić information content (AvgIpc) is 3.10. The number of aromatic amines is 1. The number of aliphatic imine (C=N–C) groups is 1. The highest BCUT2D eigenvalue weighted by Crippen LogP contribution is 2.39. The van der Waals surface area contributed by atoms with Crippen LogP contribution in [0.2, 0.25) is 0 Å². The smallest absolute Gasteiger partial charge is 0.156 e. The van der Waals surface area contributed by atoms with Crippen LogP contribution in [0.1, 0.15) is 16.7 Å². The average molecular weight is 304 g/mol. The molecule has 0 unspecified atom stereocenters. The molecule has 0 fully saturated rings. The van der Waals surface area contributed by atoms with Crippen LogP contribution in [-0.2, 0) is 12.8 Å². The Morgan fingerprint density at radius 3 is 2.91 bits per heavy atom. The highest BCUT2D eigenvalue weighted by atomic mass is 15.2. The molecule has 23 heavy (non-hydrogen) atoms. The molecule has 0 aliphatic heterocycles. The molecule has 0 spiro atoms. The Hall–Kier alpha value is -3.02. The Kier molecular flexibility index (Phi) is 3.15. The number of hydrogen-bond donors (Lipinski definition) is 2. The number of aromatic nitrogens is 4. The lowest BCUT2D eigenvalue weighted by molar-refractivity contribution is 0.926. The van der Waals surface area contributed by atoms with Gasteiger partial charge in [0.2, 0.25) is 0 Å². The lowest BCUT2D eigenvalue weighted by atomic mass is 9.85. The van der Waals surface area contributed by atoms with E-state index in [0.29, 0.717) is 11.6 Å². The van der Waals surface area contributed by atoms with Gasteiger partial charge in [0, 0.05) is 30.0 Å². The molecule has 114 valence electrons. The van der Waals surface area contributed by atoms with Crippen molar-refractivity contribution in [2.24, 2.45) is 4.99 Å². The minimum absolute atomic E-state index is 0.456. The summed E-state index contributed by atoms with van der Waals surface area (Å²) in [6, 6.07) is 8.33. The van der Waals surface area contributed by atoms with Crippen molar-refractivity contribution in [3.05, 3.63) is 47.3 Å². The van der Waals surface area contributed by atoms with Gasteiger partial charge in [0.15, 0.2) is 5.82 Å². The molecule has 1 aromatic carbocycles. The van der Waals surface area contributed by atoms with E-state index in [-0.39, 0.29) is 0 Å². The zero-order chi connectivity index (χ0) is 15.8. The molecule has 0 radical (unpaired) electrons. The van der Waals surface area contributed by atoms with Crippen molar-refractivity contribution in [1.29, 1.82) is 0 Å². The standard InChI is InChI=1S/C17H16N6/c1-19-8-13-14(17-20-9-21-23-17)12-7-6-10-4-2-3-5-11(10)15(12)22-16(13)18/h2-5,8-9H,6-7H2,1H3,(H2,18,22)(H,20,21,23). The van der Waals surface area contributed by atoms with Crippen LogP contribution in [-0.4, -0.2) is 33.4 Å². The molecule has 2 aromatic heterocycles. The Bertz CT molecular complexity index is 896. The minimum atomic E-state index is 0.456. The van der Waals surface area contributed by atoms with Crippen molar-refractivity contribution >= 4 is 12.0 Å². The van der Waals surface area contributed by atoms with Crippen molar-refractivity contribution in [2.45, 2.75) is 12.8 Å². The summed E-state index contributed by atoms with van der Waals surface area (Å²) >= 11 is 0. The third-order valence-corrected chi connectivity index (χ3v) is 4.19. The van der Waals surface area contributed by atoms with Gasteiger partial charge < -0.3 is 5.73 Å². The van der Waals surface area contributed by atoms with Gasteiger partial charge in [-0.2, -0.15) is 5.10 Å². The Labute approximate surface area is 133 Å². The number of aryl methyl sites for hydroxylation is 1. The van der Waals surface area contributed by atoms with Gasteiger partial charge in [-0.1, -0.05) is 24.3 Å². The van der Waals surface area contributed by atoms with E-state index >= 15 is 0 Å². The van der Waals surface area contributed by atoms with E-state index < -0.39 is 0 Å². The maximum atomic E-state index is 6.23. The largest absolute Gasteiger partial charge is 0.383 e. The molecule has 1 aliphatic rings. The number of hydrogen-bond acceptors (Lipinski definition) is 5. The first-order chi connectivity index (χ1) is 11.3. The number of rotatable bonds is 2. The normalized spacial score (nSPS) is 13.1. The molecule has 2 heterocycles. The van der Waals surface area contributed by atoms with Crippen molar-refractivity contribution in [1.82, 2.24) is 20.2 Å². The number of nitrogens with zero attached hydrogens (tertiary/aromatic N) is 4. The molecule has 4 rings (SSSR count). The highest BCUT2D eigenvalue weighted by molar-refractivity contribution is 5.97. The Morgan fingerprint density at radius 2 is 2.13 bits per heavy atom. The zero-order valence-corrected chi connectivity index (χ0v) is 12.7. The summed E-state index contributed by atoms with van der Waals surface area (Å²) in [5, 5.41) is 6.93. The predicted molar refractivity (Wildman–Crippen MR) is 90.4 cm³/mol. The molecule has 0 bridgehead atoms. The maximum absolute atomic E-state index is 6.23. The van der Waals surface area contributed by atoms with Gasteiger partial charge in [0.1, 0.15) is 12.1 Å². The van der Waals surface area contributed by atoms with Crippen LogP contribution in [0, 0.1) is 0 Å². The van der Waals surface area contributed by atoms with E-state index in [1.54, 1.807) is 13.3 Å². The molecule has 0 amide bonds. The van der Waals surface area contributed by atoms with Crippen LogP contribution in [0.4, 0.5) is 5.82 Å². The number of nitrogens with one attached hydrogen (secondary N) is 1. The van der Waals surface area contributed by atoms with Gasteiger partial charge in [0.25, 0.3) is 0 Å². The monoisotopic (exact) mass is 304 g/mol. The van der Waals surface area contributed by atoms with Gasteiger partial charge in [0.05, 0.1) is 5.69 Å².